The third kappa shape index (κ3) is 1.37. The summed E-state index contributed by atoms with van der Waals surface area (Å²) >= 11 is 0. The van der Waals surface area contributed by atoms with Gasteiger partial charge in [0, 0.05) is 5.41 Å². The van der Waals surface area contributed by atoms with E-state index >= 15 is 0 Å². The smallest absolute Gasteiger partial charge is 0.0919 e. The molecular weight excluding hydrogens is 136 g/mol. The van der Waals surface area contributed by atoms with E-state index in [1.807, 2.05) is 32.9 Å². The Bertz CT molecular complexity index is 222. The van der Waals surface area contributed by atoms with Gasteiger partial charge in [-0.05, 0) is 13.0 Å². The molecule has 0 heterocycles. The van der Waals surface area contributed by atoms with Crippen molar-refractivity contribution in [3.05, 3.63) is 23.8 Å². The number of rotatable bonds is 0. The molecule has 1 aliphatic rings. The Hall–Kier alpha value is -0.600. The Balaban J connectivity index is 3.04. The molecule has 0 spiro atoms. The molecule has 0 bridgehead atoms. The highest BCUT2D eigenvalue weighted by Gasteiger charge is 2.36. The molecule has 0 radical (unpaired) electrons. The molecule has 0 saturated carbocycles. The largest absolute Gasteiger partial charge is 0.309 e. The number of nitrogens with two attached hydrogens (primary N) is 2. The Kier molecular flexibility index (Phi) is 1.69. The van der Waals surface area contributed by atoms with Gasteiger partial charge in [-0.25, -0.2) is 0 Å². The topological polar surface area (TPSA) is 52.0 Å². The molecule has 11 heavy (non-hydrogen) atoms. The van der Waals surface area contributed by atoms with E-state index < -0.39 is 5.66 Å². The normalized spacial score (nSPS) is 26.5. The van der Waals surface area contributed by atoms with Crippen LogP contribution in [0.15, 0.2) is 23.8 Å². The van der Waals surface area contributed by atoms with E-state index in [2.05, 4.69) is 6.08 Å². The summed E-state index contributed by atoms with van der Waals surface area (Å²) in [6.07, 6.45) is 5.93. The minimum absolute atomic E-state index is 0.147. The monoisotopic (exact) mass is 152 g/mol. The first kappa shape index (κ1) is 8.50. The van der Waals surface area contributed by atoms with Gasteiger partial charge in [-0.15, -0.1) is 0 Å². The van der Waals surface area contributed by atoms with Gasteiger partial charge in [0.25, 0.3) is 0 Å². The molecule has 0 unspecified atom stereocenters. The predicted molar refractivity (Wildman–Crippen MR) is 47.8 cm³/mol. The molecule has 0 atom stereocenters. The van der Waals surface area contributed by atoms with Crippen LogP contribution in [0.4, 0.5) is 0 Å². The van der Waals surface area contributed by atoms with Crippen LogP contribution in [0.5, 0.6) is 0 Å². The summed E-state index contributed by atoms with van der Waals surface area (Å²) in [6, 6.07) is 0. The summed E-state index contributed by atoms with van der Waals surface area (Å²) < 4.78 is 0. The van der Waals surface area contributed by atoms with Crippen molar-refractivity contribution in [2.75, 3.05) is 0 Å². The summed E-state index contributed by atoms with van der Waals surface area (Å²) in [4.78, 5) is 0. The maximum absolute atomic E-state index is 5.86. The molecule has 2 nitrogen and oxygen atoms in total. The molecule has 0 aromatic rings. The zero-order valence-electron chi connectivity index (χ0n) is 7.39. The van der Waals surface area contributed by atoms with Crippen molar-refractivity contribution in [2.24, 2.45) is 16.9 Å². The van der Waals surface area contributed by atoms with E-state index in [0.29, 0.717) is 0 Å². The first-order valence-corrected chi connectivity index (χ1v) is 3.82. The highest BCUT2D eigenvalue weighted by molar-refractivity contribution is 5.31. The molecule has 0 aromatic heterocycles. The van der Waals surface area contributed by atoms with Crippen molar-refractivity contribution < 1.29 is 0 Å². The average molecular weight is 152 g/mol. The lowest BCUT2D eigenvalue weighted by atomic mass is 9.75. The lowest BCUT2D eigenvalue weighted by Gasteiger charge is -2.39. The van der Waals surface area contributed by atoms with Gasteiger partial charge in [-0.2, -0.15) is 0 Å². The molecule has 0 aliphatic heterocycles. The average Bonchev–Trinajstić information content (AvgIpc) is 1.80. The minimum atomic E-state index is -0.702. The maximum Gasteiger partial charge on any atom is 0.0919 e. The van der Waals surface area contributed by atoms with Crippen LogP contribution in [0, 0.1) is 5.41 Å². The van der Waals surface area contributed by atoms with Crippen molar-refractivity contribution in [3.8, 4) is 0 Å². The molecule has 2 heteroatoms. The van der Waals surface area contributed by atoms with Crippen molar-refractivity contribution >= 4 is 0 Å². The molecule has 62 valence electrons. The fourth-order valence-electron chi connectivity index (χ4n) is 1.23. The summed E-state index contributed by atoms with van der Waals surface area (Å²) in [7, 11) is 0. The van der Waals surface area contributed by atoms with Gasteiger partial charge in [0.2, 0.25) is 0 Å². The Morgan fingerprint density at radius 2 is 1.82 bits per heavy atom. The van der Waals surface area contributed by atoms with Gasteiger partial charge in [0.05, 0.1) is 5.66 Å². The van der Waals surface area contributed by atoms with Gasteiger partial charge in [-0.3, -0.25) is 0 Å². The zero-order chi connectivity index (χ0) is 8.70. The van der Waals surface area contributed by atoms with E-state index in [0.717, 1.165) is 0 Å². The van der Waals surface area contributed by atoms with Gasteiger partial charge in [0.15, 0.2) is 0 Å². The lowest BCUT2D eigenvalue weighted by molar-refractivity contribution is 0.286. The summed E-state index contributed by atoms with van der Waals surface area (Å²) in [5.41, 5.74) is 12.1. The molecule has 4 N–H and O–H groups in total. The van der Waals surface area contributed by atoms with Gasteiger partial charge in [0.1, 0.15) is 0 Å². The second kappa shape index (κ2) is 2.19. The highest BCUT2D eigenvalue weighted by atomic mass is 15.0. The Morgan fingerprint density at radius 1 is 1.27 bits per heavy atom. The number of hydrogen-bond donors (Lipinski definition) is 2. The molecule has 0 fully saturated rings. The lowest BCUT2D eigenvalue weighted by Crippen LogP contribution is -2.58. The van der Waals surface area contributed by atoms with E-state index in [-0.39, 0.29) is 5.41 Å². The van der Waals surface area contributed by atoms with E-state index in [9.17, 15) is 0 Å². The van der Waals surface area contributed by atoms with Crippen molar-refractivity contribution in [1.82, 2.24) is 0 Å². The molecular formula is C9H16N2. The Labute approximate surface area is 68.0 Å². The van der Waals surface area contributed by atoms with Crippen LogP contribution in [0.1, 0.15) is 20.8 Å². The van der Waals surface area contributed by atoms with Crippen LogP contribution in [0.2, 0.25) is 0 Å². The fraction of sp³-hybridized carbons (Fsp3) is 0.556. The minimum Gasteiger partial charge on any atom is -0.309 e. The van der Waals surface area contributed by atoms with E-state index in [1.165, 1.54) is 5.57 Å². The standard InChI is InChI=1S/C9H16N2/c1-7-4-5-9(10,11)8(2,3)6-7/h4-6H,10-11H2,1-3H3. The zero-order valence-corrected chi connectivity index (χ0v) is 7.39. The summed E-state index contributed by atoms with van der Waals surface area (Å²) in [6.45, 7) is 6.13. The SMILES string of the molecule is CC1=CC(C)(C)C(N)(N)C=C1. The summed E-state index contributed by atoms with van der Waals surface area (Å²) in [5, 5.41) is 0. The maximum atomic E-state index is 5.86. The highest BCUT2D eigenvalue weighted by Crippen LogP contribution is 2.32. The fourth-order valence-corrected chi connectivity index (χ4v) is 1.23. The first-order chi connectivity index (χ1) is 4.85. The van der Waals surface area contributed by atoms with Crippen molar-refractivity contribution in [3.63, 3.8) is 0 Å². The van der Waals surface area contributed by atoms with Crippen LogP contribution in [-0.4, -0.2) is 5.66 Å². The summed E-state index contributed by atoms with van der Waals surface area (Å²) in [5.74, 6) is 0. The van der Waals surface area contributed by atoms with Crippen LogP contribution >= 0.6 is 0 Å². The Morgan fingerprint density at radius 3 is 2.18 bits per heavy atom. The molecule has 1 aliphatic carbocycles. The molecule has 0 saturated heterocycles. The van der Waals surface area contributed by atoms with Gasteiger partial charge in [-0.1, -0.05) is 31.6 Å². The number of hydrogen-bond acceptors (Lipinski definition) is 2. The van der Waals surface area contributed by atoms with Crippen LogP contribution in [-0.2, 0) is 0 Å². The molecule has 1 rings (SSSR count). The first-order valence-electron chi connectivity index (χ1n) is 3.82. The van der Waals surface area contributed by atoms with Crippen LogP contribution in [0.3, 0.4) is 0 Å². The predicted octanol–water partition coefficient (Wildman–Crippen LogP) is 1.14. The van der Waals surface area contributed by atoms with E-state index in [1.54, 1.807) is 0 Å². The third-order valence-electron chi connectivity index (χ3n) is 2.33. The van der Waals surface area contributed by atoms with Crippen LogP contribution < -0.4 is 11.5 Å². The second-order valence-electron chi connectivity index (χ2n) is 3.88. The third-order valence-corrected chi connectivity index (χ3v) is 2.33. The quantitative estimate of drug-likeness (QED) is 0.511. The van der Waals surface area contributed by atoms with E-state index in [4.69, 9.17) is 11.5 Å². The van der Waals surface area contributed by atoms with Gasteiger partial charge >= 0.3 is 0 Å². The second-order valence-corrected chi connectivity index (χ2v) is 3.88. The molecule has 0 aromatic carbocycles. The number of allylic oxidation sites excluding steroid dienone is 2. The van der Waals surface area contributed by atoms with Gasteiger partial charge < -0.3 is 11.5 Å². The molecule has 0 amide bonds. The van der Waals surface area contributed by atoms with Crippen molar-refractivity contribution in [1.29, 1.82) is 0 Å². The van der Waals surface area contributed by atoms with Crippen molar-refractivity contribution in [2.45, 2.75) is 26.4 Å². The van der Waals surface area contributed by atoms with Crippen LogP contribution in [0.25, 0.3) is 0 Å².